The first kappa shape index (κ1) is 19.5. The Morgan fingerprint density at radius 3 is 2.50 bits per heavy atom. The van der Waals surface area contributed by atoms with Gasteiger partial charge in [0.2, 0.25) is 5.91 Å². The Morgan fingerprint density at radius 1 is 1.14 bits per heavy atom. The average molecular weight is 383 g/mol. The topological polar surface area (TPSA) is 78.5 Å². The van der Waals surface area contributed by atoms with Crippen LogP contribution in [0.1, 0.15) is 30.5 Å². The van der Waals surface area contributed by atoms with E-state index in [-0.39, 0.29) is 18.4 Å². The third-order valence-electron chi connectivity index (χ3n) is 4.72. The summed E-state index contributed by atoms with van der Waals surface area (Å²) < 4.78 is 13.0. The molecule has 1 aliphatic rings. The van der Waals surface area contributed by atoms with Crippen molar-refractivity contribution in [1.29, 1.82) is 0 Å². The zero-order valence-corrected chi connectivity index (χ0v) is 15.5. The van der Waals surface area contributed by atoms with Gasteiger partial charge >= 0.3 is 6.03 Å². The highest BCUT2D eigenvalue weighted by Crippen LogP contribution is 2.15. The van der Waals surface area contributed by atoms with Gasteiger partial charge in [-0.15, -0.1) is 0 Å². The Morgan fingerprint density at radius 2 is 1.82 bits per heavy atom. The molecule has 6 nitrogen and oxygen atoms in total. The van der Waals surface area contributed by atoms with Crippen molar-refractivity contribution in [1.82, 2.24) is 15.5 Å². The smallest absolute Gasteiger partial charge is 0.325 e. The second-order valence-corrected chi connectivity index (χ2v) is 6.79. The Kier molecular flexibility index (Phi) is 6.03. The van der Waals surface area contributed by atoms with E-state index in [1.54, 1.807) is 19.1 Å². The molecule has 2 N–H and O–H groups in total. The predicted molar refractivity (Wildman–Crippen MR) is 102 cm³/mol. The third kappa shape index (κ3) is 4.73. The van der Waals surface area contributed by atoms with Gasteiger partial charge in [0.25, 0.3) is 5.91 Å². The molecule has 0 saturated carbocycles. The van der Waals surface area contributed by atoms with Gasteiger partial charge in [0.1, 0.15) is 18.4 Å². The fraction of sp³-hybridized carbons (Fsp3) is 0.286. The standard InChI is InChI=1S/C21H22FN3O3/c1-14(16-8-10-17(22)11-9-16)23-19(26)13-25-20(27)18(24-21(25)28)12-7-15-5-3-2-4-6-15/h2-6,8-11,14,18H,7,12-13H2,1H3,(H,23,26)(H,24,28). The summed E-state index contributed by atoms with van der Waals surface area (Å²) in [7, 11) is 0. The lowest BCUT2D eigenvalue weighted by atomic mass is 10.1. The minimum Gasteiger partial charge on any atom is -0.348 e. The molecule has 3 rings (SSSR count). The molecule has 0 bridgehead atoms. The number of halogens is 1. The number of aryl methyl sites for hydroxylation is 1. The lowest BCUT2D eigenvalue weighted by Gasteiger charge is -2.17. The Hall–Kier alpha value is -3.22. The van der Waals surface area contributed by atoms with Gasteiger partial charge in [0.05, 0.1) is 6.04 Å². The van der Waals surface area contributed by atoms with Crippen LogP contribution in [0.25, 0.3) is 0 Å². The Balaban J connectivity index is 1.53. The van der Waals surface area contributed by atoms with Gasteiger partial charge in [-0.3, -0.25) is 14.5 Å². The van der Waals surface area contributed by atoms with Crippen molar-refractivity contribution in [3.8, 4) is 0 Å². The van der Waals surface area contributed by atoms with Crippen LogP contribution < -0.4 is 10.6 Å². The molecular weight excluding hydrogens is 361 g/mol. The second kappa shape index (κ2) is 8.65. The number of benzene rings is 2. The number of hydrogen-bond acceptors (Lipinski definition) is 3. The molecule has 2 aromatic carbocycles. The second-order valence-electron chi connectivity index (χ2n) is 6.79. The number of nitrogens with zero attached hydrogens (tertiary/aromatic N) is 1. The van der Waals surface area contributed by atoms with Crippen LogP contribution in [0.4, 0.5) is 9.18 Å². The van der Waals surface area contributed by atoms with E-state index in [1.165, 1.54) is 12.1 Å². The van der Waals surface area contributed by atoms with E-state index >= 15 is 0 Å². The first-order valence-electron chi connectivity index (χ1n) is 9.14. The van der Waals surface area contributed by atoms with Gasteiger partial charge in [0, 0.05) is 0 Å². The van der Waals surface area contributed by atoms with Gasteiger partial charge in [0.15, 0.2) is 0 Å². The van der Waals surface area contributed by atoms with E-state index in [9.17, 15) is 18.8 Å². The molecule has 0 aromatic heterocycles. The predicted octanol–water partition coefficient (Wildman–Crippen LogP) is 2.56. The van der Waals surface area contributed by atoms with Gasteiger partial charge in [-0.2, -0.15) is 0 Å². The van der Waals surface area contributed by atoms with Crippen molar-refractivity contribution < 1.29 is 18.8 Å². The number of imide groups is 1. The van der Waals surface area contributed by atoms with Crippen molar-refractivity contribution >= 4 is 17.8 Å². The minimum atomic E-state index is -0.630. The number of nitrogens with one attached hydrogen (secondary N) is 2. The maximum Gasteiger partial charge on any atom is 0.325 e. The number of urea groups is 1. The normalized spacial score (nSPS) is 17.4. The van der Waals surface area contributed by atoms with E-state index in [2.05, 4.69) is 10.6 Å². The molecule has 4 amide bonds. The van der Waals surface area contributed by atoms with Crippen LogP contribution in [-0.2, 0) is 16.0 Å². The quantitative estimate of drug-likeness (QED) is 0.722. The molecule has 0 aliphatic carbocycles. The van der Waals surface area contributed by atoms with Crippen molar-refractivity contribution in [2.24, 2.45) is 0 Å². The molecule has 1 heterocycles. The van der Waals surface area contributed by atoms with E-state index in [0.29, 0.717) is 12.8 Å². The lowest BCUT2D eigenvalue weighted by molar-refractivity contribution is -0.132. The van der Waals surface area contributed by atoms with Crippen molar-refractivity contribution in [3.05, 3.63) is 71.5 Å². The van der Waals surface area contributed by atoms with Gasteiger partial charge < -0.3 is 10.6 Å². The van der Waals surface area contributed by atoms with Gasteiger partial charge in [-0.05, 0) is 43.0 Å². The molecule has 0 radical (unpaired) electrons. The highest BCUT2D eigenvalue weighted by atomic mass is 19.1. The molecule has 2 atom stereocenters. The van der Waals surface area contributed by atoms with Gasteiger partial charge in [-0.1, -0.05) is 42.5 Å². The van der Waals surface area contributed by atoms with Crippen LogP contribution >= 0.6 is 0 Å². The van der Waals surface area contributed by atoms with Crippen molar-refractivity contribution in [2.45, 2.75) is 31.8 Å². The van der Waals surface area contributed by atoms with E-state index in [0.717, 1.165) is 16.0 Å². The summed E-state index contributed by atoms with van der Waals surface area (Å²) in [5.41, 5.74) is 1.81. The summed E-state index contributed by atoms with van der Waals surface area (Å²) in [5.74, 6) is -1.21. The average Bonchev–Trinajstić information content (AvgIpc) is 2.95. The summed E-state index contributed by atoms with van der Waals surface area (Å²) in [6.45, 7) is 1.40. The molecule has 1 fully saturated rings. The number of carbonyl (C=O) groups is 3. The van der Waals surface area contributed by atoms with Crippen LogP contribution in [0.15, 0.2) is 54.6 Å². The summed E-state index contributed by atoms with van der Waals surface area (Å²) in [5, 5.41) is 5.36. The first-order chi connectivity index (χ1) is 13.4. The molecule has 28 heavy (non-hydrogen) atoms. The SMILES string of the molecule is CC(NC(=O)CN1C(=O)NC(CCc2ccccc2)C1=O)c1ccc(F)cc1. The number of hydrogen-bond donors (Lipinski definition) is 2. The number of amides is 4. The summed E-state index contributed by atoms with van der Waals surface area (Å²) >= 11 is 0. The lowest BCUT2D eigenvalue weighted by Crippen LogP contribution is -2.41. The van der Waals surface area contributed by atoms with Crippen LogP contribution in [0.3, 0.4) is 0 Å². The fourth-order valence-electron chi connectivity index (χ4n) is 3.14. The maximum absolute atomic E-state index is 13.0. The van der Waals surface area contributed by atoms with E-state index in [4.69, 9.17) is 0 Å². The molecule has 2 aromatic rings. The molecule has 1 aliphatic heterocycles. The number of carbonyl (C=O) groups excluding carboxylic acids is 3. The monoisotopic (exact) mass is 383 g/mol. The van der Waals surface area contributed by atoms with Crippen molar-refractivity contribution in [3.63, 3.8) is 0 Å². The summed E-state index contributed by atoms with van der Waals surface area (Å²) in [6, 6.07) is 13.9. The fourth-order valence-corrected chi connectivity index (χ4v) is 3.14. The maximum atomic E-state index is 13.0. The minimum absolute atomic E-state index is 0.349. The van der Waals surface area contributed by atoms with Crippen molar-refractivity contribution in [2.75, 3.05) is 6.54 Å². The molecular formula is C21H22FN3O3. The number of rotatable bonds is 7. The van der Waals surface area contributed by atoms with Crippen LogP contribution in [0, 0.1) is 5.82 Å². The molecule has 0 spiro atoms. The van der Waals surface area contributed by atoms with Crippen LogP contribution in [0.5, 0.6) is 0 Å². The van der Waals surface area contributed by atoms with Gasteiger partial charge in [-0.25, -0.2) is 9.18 Å². The first-order valence-corrected chi connectivity index (χ1v) is 9.14. The highest BCUT2D eigenvalue weighted by Gasteiger charge is 2.38. The highest BCUT2D eigenvalue weighted by molar-refractivity contribution is 6.06. The van der Waals surface area contributed by atoms with Crippen LogP contribution in [0.2, 0.25) is 0 Å². The molecule has 1 saturated heterocycles. The molecule has 7 heteroatoms. The van der Waals surface area contributed by atoms with E-state index in [1.807, 2.05) is 30.3 Å². The largest absolute Gasteiger partial charge is 0.348 e. The Bertz CT molecular complexity index is 855. The third-order valence-corrected chi connectivity index (χ3v) is 4.72. The summed E-state index contributed by atoms with van der Waals surface area (Å²) in [6.07, 6.45) is 1.12. The molecule has 146 valence electrons. The Labute approximate surface area is 162 Å². The van der Waals surface area contributed by atoms with E-state index < -0.39 is 23.9 Å². The zero-order chi connectivity index (χ0) is 20.1. The van der Waals surface area contributed by atoms with Crippen LogP contribution in [-0.4, -0.2) is 35.3 Å². The zero-order valence-electron chi connectivity index (χ0n) is 15.5. The molecule has 2 unspecified atom stereocenters. The summed E-state index contributed by atoms with van der Waals surface area (Å²) in [4.78, 5) is 37.8.